The van der Waals surface area contributed by atoms with Gasteiger partial charge in [0.1, 0.15) is 5.82 Å². The van der Waals surface area contributed by atoms with Gasteiger partial charge in [-0.1, -0.05) is 57.9 Å². The zero-order chi connectivity index (χ0) is 20.9. The number of imidazole rings is 1. The van der Waals surface area contributed by atoms with Gasteiger partial charge in [-0.05, 0) is 55.3 Å². The number of halogens is 1. The maximum absolute atomic E-state index is 12.3. The molecular weight excluding hydrogens is 438 g/mol. The number of hydrogen-bond donors (Lipinski definition) is 1. The smallest absolute Gasteiger partial charge is 0.251 e. The van der Waals surface area contributed by atoms with E-state index in [4.69, 9.17) is 4.98 Å². The lowest BCUT2D eigenvalue weighted by molar-refractivity contribution is 0.0953. The van der Waals surface area contributed by atoms with Gasteiger partial charge in [0.25, 0.3) is 5.91 Å². The van der Waals surface area contributed by atoms with Crippen LogP contribution in [0, 0.1) is 6.92 Å². The number of aromatic nitrogens is 2. The summed E-state index contributed by atoms with van der Waals surface area (Å²) in [6, 6.07) is 24.3. The van der Waals surface area contributed by atoms with E-state index >= 15 is 0 Å². The van der Waals surface area contributed by atoms with Crippen LogP contribution in [0.2, 0.25) is 0 Å². The Morgan fingerprint density at radius 3 is 2.50 bits per heavy atom. The van der Waals surface area contributed by atoms with Crippen LogP contribution in [-0.2, 0) is 13.0 Å². The molecule has 30 heavy (non-hydrogen) atoms. The topological polar surface area (TPSA) is 46.9 Å². The molecule has 4 nitrogen and oxygen atoms in total. The third-order valence-corrected chi connectivity index (χ3v) is 5.69. The van der Waals surface area contributed by atoms with Gasteiger partial charge in [-0.25, -0.2) is 4.98 Å². The van der Waals surface area contributed by atoms with Crippen LogP contribution in [-0.4, -0.2) is 22.0 Å². The van der Waals surface area contributed by atoms with Crippen LogP contribution in [0.3, 0.4) is 0 Å². The molecule has 0 spiro atoms. The van der Waals surface area contributed by atoms with Gasteiger partial charge in [-0.15, -0.1) is 0 Å². The van der Waals surface area contributed by atoms with E-state index < -0.39 is 0 Å². The number of rotatable bonds is 7. The molecule has 0 aliphatic heterocycles. The summed E-state index contributed by atoms with van der Waals surface area (Å²) < 4.78 is 3.25. The van der Waals surface area contributed by atoms with E-state index in [1.165, 1.54) is 11.1 Å². The number of carbonyl (C=O) groups excluding carboxylic acids is 1. The summed E-state index contributed by atoms with van der Waals surface area (Å²) in [7, 11) is 0. The van der Waals surface area contributed by atoms with Crippen LogP contribution in [0.25, 0.3) is 11.0 Å². The Morgan fingerprint density at radius 2 is 1.73 bits per heavy atom. The highest BCUT2D eigenvalue weighted by Crippen LogP contribution is 2.19. The Bertz CT molecular complexity index is 1150. The van der Waals surface area contributed by atoms with Crippen LogP contribution in [0.4, 0.5) is 0 Å². The van der Waals surface area contributed by atoms with Crippen molar-refractivity contribution in [3.8, 4) is 0 Å². The molecule has 3 aromatic carbocycles. The first-order valence-electron chi connectivity index (χ1n) is 10.1. The first-order chi connectivity index (χ1) is 14.6. The summed E-state index contributed by atoms with van der Waals surface area (Å²) in [6.45, 7) is 3.51. The highest BCUT2D eigenvalue weighted by atomic mass is 79.9. The minimum Gasteiger partial charge on any atom is -0.352 e. The number of amides is 1. The number of benzene rings is 3. The van der Waals surface area contributed by atoms with E-state index in [0.717, 1.165) is 40.7 Å². The predicted molar refractivity (Wildman–Crippen MR) is 125 cm³/mol. The van der Waals surface area contributed by atoms with Crippen molar-refractivity contribution in [2.24, 2.45) is 0 Å². The Hall–Kier alpha value is -2.92. The predicted octanol–water partition coefficient (Wildman–Crippen LogP) is 5.52. The zero-order valence-electron chi connectivity index (χ0n) is 16.9. The molecule has 1 N–H and O–H groups in total. The van der Waals surface area contributed by atoms with E-state index in [0.29, 0.717) is 12.1 Å². The summed E-state index contributed by atoms with van der Waals surface area (Å²) >= 11 is 3.39. The molecule has 152 valence electrons. The number of para-hydroxylation sites is 2. The van der Waals surface area contributed by atoms with Gasteiger partial charge < -0.3 is 9.88 Å². The first-order valence-corrected chi connectivity index (χ1v) is 10.9. The summed E-state index contributed by atoms with van der Waals surface area (Å²) in [5, 5.41) is 3.01. The number of carbonyl (C=O) groups is 1. The molecule has 0 atom stereocenters. The standard InChI is InChI=1S/C25H24BrN3O/c1-18-8-10-19(11-9-18)17-29-23-6-3-2-5-22(23)28-24(29)7-4-16-27-25(30)20-12-14-21(26)15-13-20/h2-3,5-6,8-15H,4,7,16-17H2,1H3,(H,27,30). The lowest BCUT2D eigenvalue weighted by atomic mass is 10.1. The zero-order valence-corrected chi connectivity index (χ0v) is 18.5. The third kappa shape index (κ3) is 4.79. The molecule has 0 radical (unpaired) electrons. The van der Waals surface area contributed by atoms with Crippen molar-refractivity contribution in [2.75, 3.05) is 6.54 Å². The largest absolute Gasteiger partial charge is 0.352 e. The van der Waals surface area contributed by atoms with E-state index in [9.17, 15) is 4.79 Å². The molecule has 1 amide bonds. The molecule has 0 saturated heterocycles. The van der Waals surface area contributed by atoms with Crippen molar-refractivity contribution >= 4 is 32.9 Å². The quantitative estimate of drug-likeness (QED) is 0.368. The van der Waals surface area contributed by atoms with Crippen molar-refractivity contribution in [1.82, 2.24) is 14.9 Å². The fourth-order valence-corrected chi connectivity index (χ4v) is 3.78. The Kier molecular flexibility index (Phi) is 6.29. The van der Waals surface area contributed by atoms with E-state index in [1.54, 1.807) is 0 Å². The lowest BCUT2D eigenvalue weighted by Crippen LogP contribution is -2.25. The molecule has 1 aromatic heterocycles. The van der Waals surface area contributed by atoms with Crippen LogP contribution in [0.1, 0.15) is 33.7 Å². The summed E-state index contributed by atoms with van der Waals surface area (Å²) in [5.41, 5.74) is 5.35. The average Bonchev–Trinajstić information content (AvgIpc) is 3.10. The second kappa shape index (κ2) is 9.26. The van der Waals surface area contributed by atoms with Gasteiger partial charge in [0.2, 0.25) is 0 Å². The average molecular weight is 462 g/mol. The van der Waals surface area contributed by atoms with Crippen LogP contribution < -0.4 is 5.32 Å². The molecule has 1 heterocycles. The summed E-state index contributed by atoms with van der Waals surface area (Å²) in [5.74, 6) is 1.00. The Balaban J connectivity index is 1.43. The van der Waals surface area contributed by atoms with Crippen molar-refractivity contribution in [1.29, 1.82) is 0 Å². The van der Waals surface area contributed by atoms with Gasteiger partial charge in [-0.2, -0.15) is 0 Å². The van der Waals surface area contributed by atoms with Crippen LogP contribution >= 0.6 is 15.9 Å². The molecule has 4 aromatic rings. The SMILES string of the molecule is Cc1ccc(Cn2c(CCCNC(=O)c3ccc(Br)cc3)nc3ccccc32)cc1. The second-order valence-electron chi connectivity index (χ2n) is 7.45. The number of hydrogen-bond acceptors (Lipinski definition) is 2. The Labute approximate surface area is 185 Å². The molecule has 0 unspecified atom stereocenters. The highest BCUT2D eigenvalue weighted by Gasteiger charge is 2.11. The van der Waals surface area contributed by atoms with Gasteiger partial charge in [0, 0.05) is 29.5 Å². The first kappa shape index (κ1) is 20.4. The van der Waals surface area contributed by atoms with Crippen LogP contribution in [0.5, 0.6) is 0 Å². The van der Waals surface area contributed by atoms with Crippen LogP contribution in [0.15, 0.2) is 77.3 Å². The van der Waals surface area contributed by atoms with Gasteiger partial charge in [0.15, 0.2) is 0 Å². The number of nitrogens with zero attached hydrogens (tertiary/aromatic N) is 2. The highest BCUT2D eigenvalue weighted by molar-refractivity contribution is 9.10. The Morgan fingerprint density at radius 1 is 1.00 bits per heavy atom. The molecular formula is C25H24BrN3O. The van der Waals surface area contributed by atoms with E-state index in [-0.39, 0.29) is 5.91 Å². The molecule has 4 rings (SSSR count). The van der Waals surface area contributed by atoms with Crippen molar-refractivity contribution < 1.29 is 4.79 Å². The third-order valence-electron chi connectivity index (χ3n) is 5.16. The fraction of sp³-hybridized carbons (Fsp3) is 0.200. The monoisotopic (exact) mass is 461 g/mol. The van der Waals surface area contributed by atoms with Crippen molar-refractivity contribution in [3.05, 3.63) is 99.8 Å². The van der Waals surface area contributed by atoms with Crippen molar-refractivity contribution in [2.45, 2.75) is 26.3 Å². The molecule has 0 aliphatic rings. The van der Waals surface area contributed by atoms with Gasteiger partial charge in [-0.3, -0.25) is 4.79 Å². The molecule has 0 saturated carbocycles. The number of aryl methyl sites for hydroxylation is 2. The maximum atomic E-state index is 12.3. The minimum atomic E-state index is -0.0457. The van der Waals surface area contributed by atoms with Crippen molar-refractivity contribution in [3.63, 3.8) is 0 Å². The van der Waals surface area contributed by atoms with Gasteiger partial charge in [0.05, 0.1) is 11.0 Å². The summed E-state index contributed by atoms with van der Waals surface area (Å²) in [6.07, 6.45) is 1.64. The molecule has 0 bridgehead atoms. The fourth-order valence-electron chi connectivity index (χ4n) is 3.52. The minimum absolute atomic E-state index is 0.0457. The maximum Gasteiger partial charge on any atom is 0.251 e. The lowest BCUT2D eigenvalue weighted by Gasteiger charge is -2.10. The second-order valence-corrected chi connectivity index (χ2v) is 8.37. The van der Waals surface area contributed by atoms with E-state index in [2.05, 4.69) is 75.2 Å². The van der Waals surface area contributed by atoms with Gasteiger partial charge >= 0.3 is 0 Å². The van der Waals surface area contributed by atoms with E-state index in [1.807, 2.05) is 30.3 Å². The number of fused-ring (bicyclic) bond motifs is 1. The molecule has 0 fully saturated rings. The normalized spacial score (nSPS) is 11.0. The molecule has 0 aliphatic carbocycles. The number of nitrogens with one attached hydrogen (secondary N) is 1. The molecule has 5 heteroatoms. The summed E-state index contributed by atoms with van der Waals surface area (Å²) in [4.78, 5) is 17.2.